The Morgan fingerprint density at radius 2 is 2.00 bits per heavy atom. The van der Waals surface area contributed by atoms with Crippen LogP contribution in [-0.2, 0) is 14.3 Å². The minimum Gasteiger partial charge on any atom is -0.480 e. The van der Waals surface area contributed by atoms with Crippen molar-refractivity contribution in [2.45, 2.75) is 32.4 Å². The first-order valence-electron chi connectivity index (χ1n) is 7.53. The number of aliphatic carboxylic acids is 1. The number of benzene rings is 1. The van der Waals surface area contributed by atoms with Gasteiger partial charge in [-0.05, 0) is 39.0 Å². The normalized spacial score (nSPS) is 12.2. The first-order chi connectivity index (χ1) is 12.0. The number of ether oxygens (including phenoxy) is 1. The van der Waals surface area contributed by atoms with Crippen LogP contribution in [0.15, 0.2) is 18.2 Å². The number of rotatable bonds is 7. The molecule has 0 aromatic heterocycles. The van der Waals surface area contributed by atoms with Gasteiger partial charge >= 0.3 is 12.1 Å². The molecule has 3 N–H and O–H groups in total. The Morgan fingerprint density at radius 3 is 2.54 bits per heavy atom. The fraction of sp³-hybridized carbons (Fsp3) is 0.438. The lowest BCUT2D eigenvalue weighted by Gasteiger charge is -2.21. The van der Waals surface area contributed by atoms with E-state index in [9.17, 15) is 18.8 Å². The van der Waals surface area contributed by atoms with Crippen LogP contribution in [0.3, 0.4) is 0 Å². The van der Waals surface area contributed by atoms with Crippen LogP contribution in [0.1, 0.15) is 20.8 Å². The van der Waals surface area contributed by atoms with Crippen molar-refractivity contribution in [3.63, 3.8) is 0 Å². The van der Waals surface area contributed by atoms with E-state index in [2.05, 4.69) is 10.6 Å². The summed E-state index contributed by atoms with van der Waals surface area (Å²) >= 11 is 6.64. The van der Waals surface area contributed by atoms with Gasteiger partial charge in [-0.3, -0.25) is 4.79 Å². The Balaban J connectivity index is 2.46. The number of halogens is 2. The molecule has 0 aliphatic rings. The van der Waals surface area contributed by atoms with Crippen molar-refractivity contribution in [2.75, 3.05) is 16.8 Å². The predicted octanol–water partition coefficient (Wildman–Crippen LogP) is 3.13. The molecule has 1 unspecified atom stereocenters. The molecule has 1 aromatic rings. The SMILES string of the molecule is CC(C)(C)OC(=O)NC(CSCC(=O)Nc1ccc(F)c(Cl)c1)C(=O)O. The van der Waals surface area contributed by atoms with E-state index in [4.69, 9.17) is 21.4 Å². The summed E-state index contributed by atoms with van der Waals surface area (Å²) in [5.74, 6) is -2.36. The summed E-state index contributed by atoms with van der Waals surface area (Å²) in [5.41, 5.74) is -0.431. The highest BCUT2D eigenvalue weighted by Gasteiger charge is 2.24. The maximum atomic E-state index is 13.1. The second kappa shape index (κ2) is 9.63. The van der Waals surface area contributed by atoms with Crippen molar-refractivity contribution < 1.29 is 28.6 Å². The molecule has 0 aliphatic carbocycles. The third kappa shape index (κ3) is 8.39. The number of carboxylic acid groups (broad SMARTS) is 1. The molecule has 0 spiro atoms. The fourth-order valence-corrected chi connectivity index (χ4v) is 2.68. The summed E-state index contributed by atoms with van der Waals surface area (Å²) in [7, 11) is 0. The van der Waals surface area contributed by atoms with Crippen LogP contribution in [0, 0.1) is 5.82 Å². The largest absolute Gasteiger partial charge is 0.480 e. The molecule has 10 heteroatoms. The van der Waals surface area contributed by atoms with E-state index in [1.54, 1.807) is 20.8 Å². The van der Waals surface area contributed by atoms with Crippen molar-refractivity contribution >= 4 is 47.0 Å². The van der Waals surface area contributed by atoms with Crippen molar-refractivity contribution in [1.82, 2.24) is 5.32 Å². The lowest BCUT2D eigenvalue weighted by molar-refractivity contribution is -0.138. The van der Waals surface area contributed by atoms with Crippen LogP contribution in [0.4, 0.5) is 14.9 Å². The van der Waals surface area contributed by atoms with E-state index in [0.29, 0.717) is 5.69 Å². The predicted molar refractivity (Wildman–Crippen MR) is 98.2 cm³/mol. The van der Waals surface area contributed by atoms with Gasteiger partial charge < -0.3 is 20.5 Å². The van der Waals surface area contributed by atoms with Crippen molar-refractivity contribution in [1.29, 1.82) is 0 Å². The zero-order valence-corrected chi connectivity index (χ0v) is 16.0. The molecule has 7 nitrogen and oxygen atoms in total. The quantitative estimate of drug-likeness (QED) is 0.642. The molecule has 1 aromatic carbocycles. The first-order valence-corrected chi connectivity index (χ1v) is 9.06. The van der Waals surface area contributed by atoms with Crippen LogP contribution < -0.4 is 10.6 Å². The van der Waals surface area contributed by atoms with Gasteiger partial charge in [-0.25, -0.2) is 14.0 Å². The van der Waals surface area contributed by atoms with Gasteiger partial charge in [-0.2, -0.15) is 0 Å². The number of hydrogen-bond donors (Lipinski definition) is 3. The van der Waals surface area contributed by atoms with Crippen LogP contribution in [-0.4, -0.2) is 46.2 Å². The second-order valence-electron chi connectivity index (χ2n) is 6.23. The number of amides is 2. The van der Waals surface area contributed by atoms with Crippen molar-refractivity contribution in [2.24, 2.45) is 0 Å². The van der Waals surface area contributed by atoms with Gasteiger partial charge in [0.1, 0.15) is 17.5 Å². The summed E-state index contributed by atoms with van der Waals surface area (Å²) in [4.78, 5) is 34.7. The van der Waals surface area contributed by atoms with Crippen LogP contribution in [0.5, 0.6) is 0 Å². The third-order valence-corrected chi connectivity index (χ3v) is 4.04. The molecular weight excluding hydrogens is 387 g/mol. The molecular formula is C16H20ClFN2O5S. The zero-order valence-electron chi connectivity index (χ0n) is 14.5. The summed E-state index contributed by atoms with van der Waals surface area (Å²) in [5, 5.41) is 13.8. The number of nitrogens with one attached hydrogen (secondary N) is 2. The Bertz CT molecular complexity index is 681. The van der Waals surface area contributed by atoms with E-state index < -0.39 is 35.4 Å². The second-order valence-corrected chi connectivity index (χ2v) is 7.67. The summed E-state index contributed by atoms with van der Waals surface area (Å²) in [6.45, 7) is 4.97. The van der Waals surface area contributed by atoms with E-state index >= 15 is 0 Å². The monoisotopic (exact) mass is 406 g/mol. The van der Waals surface area contributed by atoms with Crippen LogP contribution in [0.25, 0.3) is 0 Å². The minimum atomic E-state index is -1.24. The fourth-order valence-electron chi connectivity index (χ4n) is 1.66. The number of carbonyl (C=O) groups is 3. The number of carbonyl (C=O) groups excluding carboxylic acids is 2. The Labute approximate surface area is 159 Å². The maximum Gasteiger partial charge on any atom is 0.408 e. The molecule has 2 amide bonds. The summed E-state index contributed by atoms with van der Waals surface area (Å²) in [6, 6.07) is 2.54. The first kappa shape index (κ1) is 22.0. The molecule has 1 rings (SSSR count). The number of alkyl carbamates (subject to hydrolysis) is 1. The van der Waals surface area contributed by atoms with Crippen LogP contribution in [0.2, 0.25) is 5.02 Å². The Kier molecular flexibility index (Phi) is 8.16. The van der Waals surface area contributed by atoms with Gasteiger partial charge in [0.25, 0.3) is 0 Å². The van der Waals surface area contributed by atoms with E-state index in [1.807, 2.05) is 0 Å². The highest BCUT2D eigenvalue weighted by atomic mass is 35.5. The number of hydrogen-bond acceptors (Lipinski definition) is 5. The molecule has 0 bridgehead atoms. The van der Waals surface area contributed by atoms with E-state index in [-0.39, 0.29) is 16.5 Å². The molecule has 0 saturated heterocycles. The molecule has 0 heterocycles. The van der Waals surface area contributed by atoms with Gasteiger partial charge in [0.2, 0.25) is 5.91 Å². The lowest BCUT2D eigenvalue weighted by atomic mass is 10.2. The Hall–Kier alpha value is -2.00. The molecule has 26 heavy (non-hydrogen) atoms. The highest BCUT2D eigenvalue weighted by Crippen LogP contribution is 2.19. The number of carboxylic acids is 1. The topological polar surface area (TPSA) is 105 Å². The average Bonchev–Trinajstić information content (AvgIpc) is 2.48. The maximum absolute atomic E-state index is 13.1. The summed E-state index contributed by atoms with van der Waals surface area (Å²) < 4.78 is 18.1. The molecule has 1 atom stereocenters. The smallest absolute Gasteiger partial charge is 0.408 e. The van der Waals surface area contributed by atoms with E-state index in [1.165, 1.54) is 12.1 Å². The van der Waals surface area contributed by atoms with Gasteiger partial charge in [0.05, 0.1) is 10.8 Å². The summed E-state index contributed by atoms with van der Waals surface area (Å²) in [6.07, 6.45) is -0.851. The molecule has 0 radical (unpaired) electrons. The highest BCUT2D eigenvalue weighted by molar-refractivity contribution is 8.00. The standard InChI is InChI=1S/C16H20ClFN2O5S/c1-16(2,3)25-15(24)20-12(14(22)23)7-26-8-13(21)19-9-4-5-11(18)10(17)6-9/h4-6,12H,7-8H2,1-3H3,(H,19,21)(H,20,24)(H,22,23). The van der Waals surface area contributed by atoms with Gasteiger partial charge in [0, 0.05) is 11.4 Å². The van der Waals surface area contributed by atoms with E-state index in [0.717, 1.165) is 17.8 Å². The third-order valence-electron chi connectivity index (χ3n) is 2.71. The van der Waals surface area contributed by atoms with Crippen LogP contribution >= 0.6 is 23.4 Å². The van der Waals surface area contributed by atoms with Crippen molar-refractivity contribution in [3.05, 3.63) is 29.0 Å². The molecule has 0 saturated carbocycles. The molecule has 0 aliphatic heterocycles. The Morgan fingerprint density at radius 1 is 1.35 bits per heavy atom. The van der Waals surface area contributed by atoms with Gasteiger partial charge in [-0.1, -0.05) is 11.6 Å². The van der Waals surface area contributed by atoms with Gasteiger partial charge in [0.15, 0.2) is 0 Å². The zero-order chi connectivity index (χ0) is 19.9. The van der Waals surface area contributed by atoms with Gasteiger partial charge in [-0.15, -0.1) is 11.8 Å². The van der Waals surface area contributed by atoms with Crippen molar-refractivity contribution in [3.8, 4) is 0 Å². The molecule has 0 fully saturated rings. The lowest BCUT2D eigenvalue weighted by Crippen LogP contribution is -2.45. The molecule has 144 valence electrons. The average molecular weight is 407 g/mol. The minimum absolute atomic E-state index is 0.0355. The number of thioether (sulfide) groups is 1. The number of anilines is 1.